The van der Waals surface area contributed by atoms with Gasteiger partial charge in [-0.15, -0.1) is 0 Å². The van der Waals surface area contributed by atoms with Gasteiger partial charge in [-0.3, -0.25) is 4.79 Å². The highest BCUT2D eigenvalue weighted by Crippen LogP contribution is 2.27. The quantitative estimate of drug-likeness (QED) is 0.650. The summed E-state index contributed by atoms with van der Waals surface area (Å²) in [4.78, 5) is 11.2. The topological polar surface area (TPSA) is 94.5 Å². The van der Waals surface area contributed by atoms with Crippen LogP contribution in [-0.2, 0) is 37.0 Å². The van der Waals surface area contributed by atoms with Crippen LogP contribution >= 0.6 is 0 Å². The fraction of sp³-hybridized carbons (Fsp3) is 0.409. The van der Waals surface area contributed by atoms with Gasteiger partial charge in [0.15, 0.2) is 6.29 Å². The molecule has 0 unspecified atom stereocenters. The third-order valence-corrected chi connectivity index (χ3v) is 4.65. The van der Waals surface area contributed by atoms with E-state index in [2.05, 4.69) is 0 Å². The lowest BCUT2D eigenvalue weighted by Gasteiger charge is -2.42. The zero-order valence-electron chi connectivity index (χ0n) is 16.2. The molecule has 1 fully saturated rings. The Morgan fingerprint density at radius 2 is 1.41 bits per heavy atom. The van der Waals surface area contributed by atoms with Crippen molar-refractivity contribution in [3.8, 4) is 0 Å². The maximum atomic E-state index is 11.2. The van der Waals surface area contributed by atoms with E-state index in [1.165, 1.54) is 6.92 Å². The van der Waals surface area contributed by atoms with Gasteiger partial charge in [0.25, 0.3) is 0 Å². The molecule has 1 heterocycles. The van der Waals surface area contributed by atoms with Gasteiger partial charge in [-0.1, -0.05) is 60.7 Å². The zero-order valence-corrected chi connectivity index (χ0v) is 16.2. The number of esters is 1. The SMILES string of the molecule is CC(=O)OC[C@@H]1O[C@H](O)[C@@H](O)[C@@H](OCc2ccccc2)[C@@H]1OCc1ccccc1. The number of benzene rings is 2. The molecule has 7 heteroatoms. The van der Waals surface area contributed by atoms with E-state index in [0.29, 0.717) is 0 Å². The molecule has 2 N–H and O–H groups in total. The molecule has 2 aromatic carbocycles. The molecule has 29 heavy (non-hydrogen) atoms. The zero-order chi connectivity index (χ0) is 20.6. The molecular weight excluding hydrogens is 376 g/mol. The summed E-state index contributed by atoms with van der Waals surface area (Å²) in [6.45, 7) is 1.64. The minimum Gasteiger partial charge on any atom is -0.463 e. The molecule has 1 saturated heterocycles. The first-order valence-corrected chi connectivity index (χ1v) is 9.50. The summed E-state index contributed by atoms with van der Waals surface area (Å²) >= 11 is 0. The summed E-state index contributed by atoms with van der Waals surface area (Å²) in [5.74, 6) is -0.474. The van der Waals surface area contributed by atoms with Gasteiger partial charge in [0, 0.05) is 6.92 Å². The van der Waals surface area contributed by atoms with Gasteiger partial charge in [-0.05, 0) is 11.1 Å². The van der Waals surface area contributed by atoms with Gasteiger partial charge in [-0.25, -0.2) is 0 Å². The van der Waals surface area contributed by atoms with Crippen molar-refractivity contribution in [3.63, 3.8) is 0 Å². The van der Waals surface area contributed by atoms with Crippen molar-refractivity contribution in [2.24, 2.45) is 0 Å². The van der Waals surface area contributed by atoms with Crippen LogP contribution < -0.4 is 0 Å². The van der Waals surface area contributed by atoms with Gasteiger partial charge in [-0.2, -0.15) is 0 Å². The van der Waals surface area contributed by atoms with Crippen LogP contribution in [0, 0.1) is 0 Å². The van der Waals surface area contributed by atoms with Gasteiger partial charge in [0.05, 0.1) is 13.2 Å². The van der Waals surface area contributed by atoms with E-state index < -0.39 is 36.7 Å². The summed E-state index contributed by atoms with van der Waals surface area (Å²) in [6, 6.07) is 19.0. The number of rotatable bonds is 8. The molecular formula is C22H26O7. The third-order valence-electron chi connectivity index (χ3n) is 4.65. The lowest BCUT2D eigenvalue weighted by atomic mass is 9.98. The minimum absolute atomic E-state index is 0.121. The van der Waals surface area contributed by atoms with E-state index in [0.717, 1.165) is 11.1 Å². The van der Waals surface area contributed by atoms with Crippen LogP contribution in [0.25, 0.3) is 0 Å². The van der Waals surface area contributed by atoms with Crippen LogP contribution in [0.5, 0.6) is 0 Å². The number of carbonyl (C=O) groups is 1. The Morgan fingerprint density at radius 3 is 1.93 bits per heavy atom. The van der Waals surface area contributed by atoms with Crippen LogP contribution in [0.1, 0.15) is 18.1 Å². The third kappa shape index (κ3) is 6.09. The van der Waals surface area contributed by atoms with E-state index in [1.807, 2.05) is 60.7 Å². The molecule has 0 amide bonds. The Kier molecular flexibility index (Phi) is 7.74. The van der Waals surface area contributed by atoms with Crippen molar-refractivity contribution in [2.75, 3.05) is 6.61 Å². The molecule has 0 radical (unpaired) electrons. The fourth-order valence-corrected chi connectivity index (χ4v) is 3.17. The standard InChI is InChI=1S/C22H26O7/c1-15(23)26-14-18-20(27-12-16-8-4-2-5-9-16)21(19(24)22(25)29-18)28-13-17-10-6-3-7-11-17/h2-11,18-22,24-25H,12-14H2,1H3/t18-,19-,20+,21+,22-/m0/s1. The second-order valence-electron chi connectivity index (χ2n) is 6.88. The Bertz CT molecular complexity index is 752. The normalized spacial score (nSPS) is 26.8. The van der Waals surface area contributed by atoms with Gasteiger partial charge in [0.2, 0.25) is 0 Å². The Hall–Kier alpha value is -2.29. The Morgan fingerprint density at radius 1 is 0.897 bits per heavy atom. The number of ether oxygens (including phenoxy) is 4. The maximum Gasteiger partial charge on any atom is 0.302 e. The van der Waals surface area contributed by atoms with Crippen molar-refractivity contribution < 1.29 is 34.0 Å². The maximum absolute atomic E-state index is 11.2. The number of aliphatic hydroxyl groups excluding tert-OH is 2. The molecule has 0 aliphatic carbocycles. The molecule has 156 valence electrons. The molecule has 0 saturated carbocycles. The van der Waals surface area contributed by atoms with Crippen molar-refractivity contribution in [2.45, 2.75) is 50.8 Å². The monoisotopic (exact) mass is 402 g/mol. The average Bonchev–Trinajstić information content (AvgIpc) is 2.74. The number of aliphatic hydroxyl groups is 2. The molecule has 0 aromatic heterocycles. The largest absolute Gasteiger partial charge is 0.463 e. The van der Waals surface area contributed by atoms with E-state index >= 15 is 0 Å². The van der Waals surface area contributed by atoms with Crippen molar-refractivity contribution in [1.82, 2.24) is 0 Å². The number of hydrogen-bond donors (Lipinski definition) is 2. The van der Waals surface area contributed by atoms with E-state index in [-0.39, 0.29) is 19.8 Å². The summed E-state index contributed by atoms with van der Waals surface area (Å²) in [6.07, 6.45) is -5.21. The molecule has 5 atom stereocenters. The van der Waals surface area contributed by atoms with E-state index in [1.54, 1.807) is 0 Å². The van der Waals surface area contributed by atoms with Gasteiger partial charge < -0.3 is 29.2 Å². The first kappa shape index (κ1) is 21.4. The van der Waals surface area contributed by atoms with Crippen LogP contribution in [0.2, 0.25) is 0 Å². The molecule has 0 spiro atoms. The lowest BCUT2D eigenvalue weighted by molar-refractivity contribution is -0.305. The van der Waals surface area contributed by atoms with Crippen molar-refractivity contribution in [1.29, 1.82) is 0 Å². The summed E-state index contributed by atoms with van der Waals surface area (Å²) < 4.78 is 22.5. The molecule has 0 bridgehead atoms. The van der Waals surface area contributed by atoms with Crippen LogP contribution in [0.3, 0.4) is 0 Å². The molecule has 1 aliphatic heterocycles. The molecule has 2 aromatic rings. The van der Waals surface area contributed by atoms with Crippen molar-refractivity contribution >= 4 is 5.97 Å². The minimum atomic E-state index is -1.48. The highest BCUT2D eigenvalue weighted by atomic mass is 16.7. The van der Waals surface area contributed by atoms with Crippen LogP contribution in [0.15, 0.2) is 60.7 Å². The summed E-state index contributed by atoms with van der Waals surface area (Å²) in [7, 11) is 0. The summed E-state index contributed by atoms with van der Waals surface area (Å²) in [5, 5.41) is 20.6. The first-order chi connectivity index (χ1) is 14.0. The highest BCUT2D eigenvalue weighted by Gasteiger charge is 2.46. The van der Waals surface area contributed by atoms with Crippen LogP contribution in [-0.4, -0.2) is 53.5 Å². The Balaban J connectivity index is 1.75. The predicted molar refractivity (Wildman–Crippen MR) is 104 cm³/mol. The molecule has 1 aliphatic rings. The average molecular weight is 402 g/mol. The molecule has 3 rings (SSSR count). The smallest absolute Gasteiger partial charge is 0.302 e. The van der Waals surface area contributed by atoms with Gasteiger partial charge in [0.1, 0.15) is 31.0 Å². The van der Waals surface area contributed by atoms with Crippen LogP contribution in [0.4, 0.5) is 0 Å². The van der Waals surface area contributed by atoms with E-state index in [4.69, 9.17) is 18.9 Å². The number of carbonyl (C=O) groups excluding carboxylic acids is 1. The second-order valence-corrected chi connectivity index (χ2v) is 6.88. The van der Waals surface area contributed by atoms with E-state index in [9.17, 15) is 15.0 Å². The Labute approximate surface area is 169 Å². The van der Waals surface area contributed by atoms with Crippen molar-refractivity contribution in [3.05, 3.63) is 71.8 Å². The summed E-state index contributed by atoms with van der Waals surface area (Å²) in [5.41, 5.74) is 1.85. The number of hydrogen-bond acceptors (Lipinski definition) is 7. The fourth-order valence-electron chi connectivity index (χ4n) is 3.17. The first-order valence-electron chi connectivity index (χ1n) is 9.50. The lowest BCUT2D eigenvalue weighted by Crippen LogP contribution is -2.60. The van der Waals surface area contributed by atoms with Gasteiger partial charge >= 0.3 is 5.97 Å². The predicted octanol–water partition coefficient (Wildman–Crippen LogP) is 1.80. The molecule has 7 nitrogen and oxygen atoms in total. The highest BCUT2D eigenvalue weighted by molar-refractivity contribution is 5.65. The second kappa shape index (κ2) is 10.5.